The molecule has 2 aromatic carbocycles. The lowest BCUT2D eigenvalue weighted by Gasteiger charge is -2.21. The highest BCUT2D eigenvalue weighted by molar-refractivity contribution is 7.23. The summed E-state index contributed by atoms with van der Waals surface area (Å²) in [6, 6.07) is 13.9. The topological polar surface area (TPSA) is 151 Å². The largest absolute Gasteiger partial charge is 0.497 e. The van der Waals surface area contributed by atoms with Crippen LogP contribution in [0.25, 0.3) is 21.1 Å². The minimum atomic E-state index is -0.434. The van der Waals surface area contributed by atoms with E-state index in [9.17, 15) is 14.7 Å². The zero-order valence-electron chi connectivity index (χ0n) is 21.1. The Balaban J connectivity index is 1.45. The number of nitrogens with two attached hydrogens (primary N) is 1. The van der Waals surface area contributed by atoms with E-state index in [1.165, 1.54) is 22.7 Å². The van der Waals surface area contributed by atoms with Gasteiger partial charge in [0.2, 0.25) is 0 Å². The minimum absolute atomic E-state index is 0.0501. The molecular weight excluding hydrogens is 524 g/mol. The first-order valence-corrected chi connectivity index (χ1v) is 13.3. The fraction of sp³-hybridized carbons (Fsp3) is 0.231. The number of benzene rings is 2. The van der Waals surface area contributed by atoms with Crippen molar-refractivity contribution in [2.45, 2.75) is 13.8 Å². The van der Waals surface area contributed by atoms with Crippen molar-refractivity contribution in [3.63, 3.8) is 0 Å². The van der Waals surface area contributed by atoms with Crippen LogP contribution in [0.2, 0.25) is 0 Å². The summed E-state index contributed by atoms with van der Waals surface area (Å²) >= 11 is 2.63. The van der Waals surface area contributed by atoms with Gasteiger partial charge in [-0.3, -0.25) is 10.1 Å². The fourth-order valence-corrected chi connectivity index (χ4v) is 5.10. The van der Waals surface area contributed by atoms with Crippen LogP contribution in [-0.4, -0.2) is 47.3 Å². The molecule has 12 heteroatoms. The lowest BCUT2D eigenvalue weighted by molar-refractivity contribution is 0.102. The molecule has 6 N–H and O–H groups in total. The normalized spacial score (nSPS) is 11.2. The number of carbonyl (C=O) groups is 2. The van der Waals surface area contributed by atoms with E-state index in [1.54, 1.807) is 37.4 Å². The van der Waals surface area contributed by atoms with Gasteiger partial charge in [-0.1, -0.05) is 43.4 Å². The number of carbonyl (C=O) groups excluding carboxylic acids is 2. The molecule has 0 bridgehead atoms. The zero-order valence-corrected chi connectivity index (χ0v) is 22.7. The first-order chi connectivity index (χ1) is 18.2. The number of nitrogens with one attached hydrogen (secondary N) is 3. The number of hydrogen-bond donors (Lipinski definition) is 5. The predicted octanol–water partition coefficient (Wildman–Crippen LogP) is 4.92. The molecule has 0 saturated heterocycles. The number of rotatable bonds is 9. The number of nitrogen functional groups attached to an aromatic ring is 1. The van der Waals surface area contributed by atoms with Gasteiger partial charge in [0.05, 0.1) is 12.8 Å². The lowest BCUT2D eigenvalue weighted by Crippen LogP contribution is -2.38. The molecule has 0 spiro atoms. The molecule has 2 aromatic heterocycles. The van der Waals surface area contributed by atoms with Crippen molar-refractivity contribution in [3.8, 4) is 26.9 Å². The van der Waals surface area contributed by atoms with Gasteiger partial charge < -0.3 is 26.2 Å². The van der Waals surface area contributed by atoms with Gasteiger partial charge in [0.1, 0.15) is 21.5 Å². The zero-order chi connectivity index (χ0) is 27.3. The SMILES string of the molecule is COc1cccc(C(=O)Nc2cccc(-c3csc(-c4sc(NC(=O)NCC(C)(C)CO)nc4N)n3)c2)c1. The highest BCUT2D eigenvalue weighted by Crippen LogP contribution is 2.38. The van der Waals surface area contributed by atoms with Gasteiger partial charge in [-0.2, -0.15) is 0 Å². The van der Waals surface area contributed by atoms with Crippen LogP contribution in [0.5, 0.6) is 5.75 Å². The Morgan fingerprint density at radius 2 is 1.89 bits per heavy atom. The number of anilines is 3. The minimum Gasteiger partial charge on any atom is -0.497 e. The number of aliphatic hydroxyl groups is 1. The Kier molecular flexibility index (Phi) is 8.25. The van der Waals surface area contributed by atoms with Crippen molar-refractivity contribution in [3.05, 3.63) is 59.5 Å². The van der Waals surface area contributed by atoms with E-state index >= 15 is 0 Å². The number of hydrogen-bond acceptors (Lipinski definition) is 9. The first kappa shape index (κ1) is 27.0. The van der Waals surface area contributed by atoms with Gasteiger partial charge in [-0.15, -0.1) is 11.3 Å². The summed E-state index contributed by atoms with van der Waals surface area (Å²) in [5, 5.41) is 20.5. The molecule has 0 aliphatic carbocycles. The van der Waals surface area contributed by atoms with E-state index in [4.69, 9.17) is 15.5 Å². The van der Waals surface area contributed by atoms with Gasteiger partial charge >= 0.3 is 6.03 Å². The monoisotopic (exact) mass is 552 g/mol. The molecule has 4 aromatic rings. The standard InChI is InChI=1S/C26H28N6O4S2/c1-26(2,14-33)13-28-24(35)32-25-31-21(27)20(38-25)23-30-19(12-37-23)15-6-4-8-17(10-15)29-22(34)16-7-5-9-18(11-16)36-3/h4-12,33H,13-14,27H2,1-3H3,(H,29,34)(H2,28,31,32,35). The van der Waals surface area contributed by atoms with Gasteiger partial charge in [-0.05, 0) is 30.3 Å². The van der Waals surface area contributed by atoms with E-state index in [0.29, 0.717) is 44.3 Å². The van der Waals surface area contributed by atoms with Gasteiger partial charge in [-0.25, -0.2) is 14.8 Å². The summed E-state index contributed by atoms with van der Waals surface area (Å²) < 4.78 is 5.20. The third kappa shape index (κ3) is 6.65. The number of urea groups is 1. The van der Waals surface area contributed by atoms with Gasteiger partial charge in [0.15, 0.2) is 5.13 Å². The second-order valence-electron chi connectivity index (χ2n) is 9.17. The molecular formula is C26H28N6O4S2. The Hall–Kier alpha value is -4.00. The van der Waals surface area contributed by atoms with Crippen LogP contribution in [0.3, 0.4) is 0 Å². The van der Waals surface area contributed by atoms with Crippen LogP contribution in [0.1, 0.15) is 24.2 Å². The number of ether oxygens (including phenoxy) is 1. The van der Waals surface area contributed by atoms with Gasteiger partial charge in [0.25, 0.3) is 5.91 Å². The third-order valence-electron chi connectivity index (χ3n) is 5.48. The van der Waals surface area contributed by atoms with Crippen LogP contribution in [0.15, 0.2) is 53.9 Å². The molecule has 2 heterocycles. The highest BCUT2D eigenvalue weighted by Gasteiger charge is 2.20. The van der Waals surface area contributed by atoms with Crippen molar-refractivity contribution in [1.29, 1.82) is 0 Å². The molecule has 0 radical (unpaired) electrons. The Labute approximate surface area is 227 Å². The second-order valence-corrected chi connectivity index (χ2v) is 11.0. The molecule has 198 valence electrons. The maximum atomic E-state index is 12.7. The number of thiazole rings is 2. The Bertz CT molecular complexity index is 1450. The molecule has 0 aliphatic heterocycles. The molecule has 0 saturated carbocycles. The summed E-state index contributed by atoms with van der Waals surface area (Å²) in [4.78, 5) is 34.5. The summed E-state index contributed by atoms with van der Waals surface area (Å²) in [5.74, 6) is 0.621. The number of aromatic nitrogens is 2. The van der Waals surface area contributed by atoms with Crippen LogP contribution in [-0.2, 0) is 0 Å². The van der Waals surface area contributed by atoms with Crippen molar-refractivity contribution < 1.29 is 19.4 Å². The van der Waals surface area contributed by atoms with E-state index < -0.39 is 11.4 Å². The highest BCUT2D eigenvalue weighted by atomic mass is 32.1. The van der Waals surface area contributed by atoms with Gasteiger partial charge in [0, 0.05) is 40.8 Å². The fourth-order valence-electron chi connectivity index (χ4n) is 3.29. The molecule has 0 aliphatic rings. The molecule has 4 rings (SSSR count). The first-order valence-electron chi connectivity index (χ1n) is 11.6. The number of aliphatic hydroxyl groups excluding tert-OH is 1. The van der Waals surface area contributed by atoms with Crippen LogP contribution >= 0.6 is 22.7 Å². The van der Waals surface area contributed by atoms with Crippen molar-refractivity contribution in [2.24, 2.45) is 5.41 Å². The molecule has 0 atom stereocenters. The number of amides is 3. The van der Waals surface area contributed by atoms with E-state index in [0.717, 1.165) is 5.56 Å². The number of nitrogens with zero attached hydrogens (tertiary/aromatic N) is 2. The molecule has 0 unspecified atom stereocenters. The predicted molar refractivity (Wildman–Crippen MR) is 152 cm³/mol. The summed E-state index contributed by atoms with van der Waals surface area (Å²) in [5.41, 5.74) is 8.34. The Morgan fingerprint density at radius 1 is 1.11 bits per heavy atom. The van der Waals surface area contributed by atoms with E-state index in [2.05, 4.69) is 20.9 Å². The average Bonchev–Trinajstić information content (AvgIpc) is 3.54. The summed E-state index contributed by atoms with van der Waals surface area (Å²) in [7, 11) is 1.55. The van der Waals surface area contributed by atoms with Crippen molar-refractivity contribution in [1.82, 2.24) is 15.3 Å². The molecule has 3 amide bonds. The van der Waals surface area contributed by atoms with E-state index in [-0.39, 0.29) is 18.3 Å². The smallest absolute Gasteiger partial charge is 0.321 e. The summed E-state index contributed by atoms with van der Waals surface area (Å²) in [6.45, 7) is 3.94. The van der Waals surface area contributed by atoms with Crippen LogP contribution in [0.4, 0.5) is 21.4 Å². The summed E-state index contributed by atoms with van der Waals surface area (Å²) in [6.07, 6.45) is 0. The third-order valence-corrected chi connectivity index (χ3v) is 7.46. The number of methoxy groups -OCH3 is 1. The van der Waals surface area contributed by atoms with Crippen molar-refractivity contribution in [2.75, 3.05) is 36.6 Å². The molecule has 0 fully saturated rings. The molecule has 38 heavy (non-hydrogen) atoms. The molecule has 10 nitrogen and oxygen atoms in total. The van der Waals surface area contributed by atoms with Crippen LogP contribution < -0.4 is 26.4 Å². The van der Waals surface area contributed by atoms with Crippen LogP contribution in [0, 0.1) is 5.41 Å². The lowest BCUT2D eigenvalue weighted by atomic mass is 9.95. The maximum absolute atomic E-state index is 12.7. The van der Waals surface area contributed by atoms with E-state index in [1.807, 2.05) is 37.4 Å². The Morgan fingerprint density at radius 3 is 2.66 bits per heavy atom. The average molecular weight is 553 g/mol. The maximum Gasteiger partial charge on any atom is 0.321 e. The van der Waals surface area contributed by atoms with Crippen molar-refractivity contribution >= 4 is 51.2 Å². The quantitative estimate of drug-likeness (QED) is 0.198. The second kappa shape index (κ2) is 11.6.